The number of hydrogen-bond acceptors (Lipinski definition) is 2. The average Bonchev–Trinajstić information content (AvgIpc) is 1.41. The van der Waals surface area contributed by atoms with E-state index in [0.29, 0.717) is 0 Å². The first-order valence-corrected chi connectivity index (χ1v) is 3.72. The number of rotatable bonds is 2. The minimum atomic E-state index is -0.204. The van der Waals surface area contributed by atoms with Crippen LogP contribution in [-0.4, -0.2) is 22.2 Å². The van der Waals surface area contributed by atoms with Crippen molar-refractivity contribution in [1.29, 1.82) is 0 Å². The van der Waals surface area contributed by atoms with Crippen molar-refractivity contribution in [3.8, 4) is 0 Å². The molecule has 1 nitrogen and oxygen atoms in total. The molecule has 0 aliphatic rings. The van der Waals surface area contributed by atoms with Crippen molar-refractivity contribution in [2.75, 3.05) is 12.5 Å². The van der Waals surface area contributed by atoms with Gasteiger partial charge in [-0.25, -0.2) is 0 Å². The van der Waals surface area contributed by atoms with Crippen molar-refractivity contribution in [2.45, 2.75) is 0 Å². The topological polar surface area (TPSA) is 9.23 Å². The zero-order chi connectivity index (χ0) is 4.12. The second-order valence-electron chi connectivity index (χ2n) is 0.716. The molecule has 0 saturated heterocycles. The number of thiol groups is 1. The van der Waals surface area contributed by atoms with Gasteiger partial charge in [0.25, 0.3) is 0 Å². The van der Waals surface area contributed by atoms with Crippen LogP contribution in [-0.2, 0) is 4.43 Å². The highest BCUT2D eigenvalue weighted by atomic mass is 32.1. The largest absolute Gasteiger partial charge is 0.426 e. The predicted octanol–water partition coefficient (Wildman–Crippen LogP) is -0.396. The summed E-state index contributed by atoms with van der Waals surface area (Å²) in [6.07, 6.45) is 0. The summed E-state index contributed by atoms with van der Waals surface area (Å²) in [6, 6.07) is 0. The molecule has 0 aliphatic heterocycles. The van der Waals surface area contributed by atoms with Crippen LogP contribution in [0, 0.1) is 0 Å². The summed E-state index contributed by atoms with van der Waals surface area (Å²) < 4.78 is 4.75. The maximum Gasteiger partial charge on any atom is 0.170 e. The summed E-state index contributed by atoms with van der Waals surface area (Å²) in [4.78, 5) is 0. The Labute approximate surface area is 40.1 Å². The standard InChI is InChI=1S/C2H8OSSi/c1-3-5-2-4/h4H,2,5H2,1H3. The number of hydrogen-bond donors (Lipinski definition) is 1. The normalized spacial score (nSPS) is 10.8. The van der Waals surface area contributed by atoms with E-state index in [-0.39, 0.29) is 9.76 Å². The lowest BCUT2D eigenvalue weighted by atomic mass is 11.8. The quantitative estimate of drug-likeness (QED) is 0.374. The van der Waals surface area contributed by atoms with Gasteiger partial charge in [-0.2, -0.15) is 12.6 Å². The molecule has 3 heteroatoms. The second kappa shape index (κ2) is 4.53. The fourth-order valence-electron chi connectivity index (χ4n) is 0.0913. The second-order valence-corrected chi connectivity index (χ2v) is 3.49. The van der Waals surface area contributed by atoms with Gasteiger partial charge in [0.05, 0.1) is 0 Å². The van der Waals surface area contributed by atoms with E-state index in [1.165, 1.54) is 0 Å². The van der Waals surface area contributed by atoms with Crippen molar-refractivity contribution in [2.24, 2.45) is 0 Å². The Bertz CT molecular complexity index is 17.1. The molecule has 0 aromatic rings. The maximum absolute atomic E-state index is 4.75. The van der Waals surface area contributed by atoms with Crippen LogP contribution in [0.4, 0.5) is 0 Å². The Hall–Kier alpha value is 0.527. The molecule has 0 heterocycles. The van der Waals surface area contributed by atoms with E-state index in [1.807, 2.05) is 0 Å². The molecule has 0 amide bonds. The Morgan fingerprint density at radius 2 is 2.60 bits per heavy atom. The summed E-state index contributed by atoms with van der Waals surface area (Å²) in [7, 11) is 1.52. The Morgan fingerprint density at radius 1 is 2.00 bits per heavy atom. The van der Waals surface area contributed by atoms with Crippen molar-refractivity contribution in [1.82, 2.24) is 0 Å². The van der Waals surface area contributed by atoms with Crippen LogP contribution in [0.15, 0.2) is 0 Å². The van der Waals surface area contributed by atoms with Crippen LogP contribution in [0.3, 0.4) is 0 Å². The highest BCUT2D eigenvalue weighted by Gasteiger charge is 1.69. The van der Waals surface area contributed by atoms with E-state index in [9.17, 15) is 0 Å². The molecule has 0 spiro atoms. The highest BCUT2D eigenvalue weighted by Crippen LogP contribution is 1.65. The van der Waals surface area contributed by atoms with E-state index >= 15 is 0 Å². The van der Waals surface area contributed by atoms with Crippen molar-refractivity contribution in [3.63, 3.8) is 0 Å². The molecule has 0 aliphatic carbocycles. The van der Waals surface area contributed by atoms with Crippen LogP contribution >= 0.6 is 12.6 Å². The SMILES string of the molecule is CO[SiH2]CS. The van der Waals surface area contributed by atoms with E-state index in [2.05, 4.69) is 12.6 Å². The third-order valence-corrected chi connectivity index (χ3v) is 1.43. The van der Waals surface area contributed by atoms with Crippen molar-refractivity contribution < 1.29 is 4.43 Å². The third-order valence-electron chi connectivity index (χ3n) is 0.295. The van der Waals surface area contributed by atoms with E-state index in [1.54, 1.807) is 7.11 Å². The zero-order valence-electron chi connectivity index (χ0n) is 3.27. The molecule has 0 atom stereocenters. The van der Waals surface area contributed by atoms with E-state index in [0.717, 1.165) is 5.38 Å². The Balaban J connectivity index is 2.19. The molecule has 32 valence electrons. The van der Waals surface area contributed by atoms with Gasteiger partial charge < -0.3 is 4.43 Å². The highest BCUT2D eigenvalue weighted by molar-refractivity contribution is 7.81. The molecule has 0 aromatic carbocycles. The smallest absolute Gasteiger partial charge is 0.170 e. The molecule has 0 saturated carbocycles. The molecule has 0 rings (SSSR count). The molecule has 0 aromatic heterocycles. The first-order chi connectivity index (χ1) is 2.41. The summed E-state index contributed by atoms with van der Waals surface area (Å²) in [5, 5.41) is 0.955. The van der Waals surface area contributed by atoms with Crippen molar-refractivity contribution in [3.05, 3.63) is 0 Å². The molecule has 0 fully saturated rings. The molecule has 0 bridgehead atoms. The van der Waals surface area contributed by atoms with Gasteiger partial charge in [-0.1, -0.05) is 0 Å². The van der Waals surface area contributed by atoms with Crippen LogP contribution in [0.5, 0.6) is 0 Å². The van der Waals surface area contributed by atoms with Gasteiger partial charge in [0.1, 0.15) is 0 Å². The van der Waals surface area contributed by atoms with Gasteiger partial charge in [0.2, 0.25) is 0 Å². The van der Waals surface area contributed by atoms with E-state index < -0.39 is 0 Å². The Morgan fingerprint density at radius 3 is 2.60 bits per heavy atom. The van der Waals surface area contributed by atoms with Gasteiger partial charge in [0.15, 0.2) is 9.76 Å². The van der Waals surface area contributed by atoms with Gasteiger partial charge >= 0.3 is 0 Å². The lowest BCUT2D eigenvalue weighted by Gasteiger charge is -1.82. The monoisotopic (exact) mass is 108 g/mol. The van der Waals surface area contributed by atoms with Gasteiger partial charge in [-0.3, -0.25) is 0 Å². The predicted molar refractivity (Wildman–Crippen MR) is 29.4 cm³/mol. The van der Waals surface area contributed by atoms with Gasteiger partial charge in [-0.05, 0) is 0 Å². The minimum Gasteiger partial charge on any atom is -0.426 e. The molecule has 0 radical (unpaired) electrons. The molecular formula is C2H8OSSi. The minimum absolute atomic E-state index is 0.204. The third kappa shape index (κ3) is 4.53. The molecule has 5 heavy (non-hydrogen) atoms. The van der Waals surface area contributed by atoms with Crippen LogP contribution in [0.25, 0.3) is 0 Å². The summed E-state index contributed by atoms with van der Waals surface area (Å²) in [5.74, 6) is 0. The van der Waals surface area contributed by atoms with Crippen LogP contribution in [0.2, 0.25) is 0 Å². The fraction of sp³-hybridized carbons (Fsp3) is 1.00. The van der Waals surface area contributed by atoms with Crippen LogP contribution < -0.4 is 0 Å². The van der Waals surface area contributed by atoms with Gasteiger partial charge in [-0.15, -0.1) is 0 Å². The van der Waals surface area contributed by atoms with Gasteiger partial charge in [0, 0.05) is 12.5 Å². The van der Waals surface area contributed by atoms with Crippen molar-refractivity contribution >= 4 is 22.4 Å². The fourth-order valence-corrected chi connectivity index (χ4v) is 0.822. The summed E-state index contributed by atoms with van der Waals surface area (Å²) >= 11 is 3.94. The van der Waals surface area contributed by atoms with E-state index in [4.69, 9.17) is 4.43 Å². The average molecular weight is 108 g/mol. The first-order valence-electron chi connectivity index (χ1n) is 1.51. The first kappa shape index (κ1) is 5.53. The lowest BCUT2D eigenvalue weighted by molar-refractivity contribution is 0.446. The van der Waals surface area contributed by atoms with Crippen LogP contribution in [0.1, 0.15) is 0 Å². The zero-order valence-corrected chi connectivity index (χ0v) is 5.58. The summed E-state index contributed by atoms with van der Waals surface area (Å²) in [6.45, 7) is 0. The maximum atomic E-state index is 4.75. The molecule has 0 N–H and O–H groups in total. The summed E-state index contributed by atoms with van der Waals surface area (Å²) in [5.41, 5.74) is 0. The molecular weight excluding hydrogens is 100 g/mol. The Kier molecular flexibility index (Phi) is 5.00. The molecule has 0 unspecified atom stereocenters. The lowest BCUT2D eigenvalue weighted by Crippen LogP contribution is -1.92.